The van der Waals surface area contributed by atoms with Crippen molar-refractivity contribution in [2.45, 2.75) is 6.10 Å². The van der Waals surface area contributed by atoms with Gasteiger partial charge in [-0.2, -0.15) is 8.42 Å². The summed E-state index contributed by atoms with van der Waals surface area (Å²) in [5.41, 5.74) is 0. The summed E-state index contributed by atoms with van der Waals surface area (Å²) in [5.74, 6) is 0. The minimum absolute atomic E-state index is 0.343. The molecule has 0 aliphatic heterocycles. The molecule has 0 fully saturated rings. The Morgan fingerprint density at radius 3 is 2.15 bits per heavy atom. The molecule has 0 bridgehead atoms. The monoisotopic (exact) mass is 214 g/mol. The fraction of sp³-hybridized carbons (Fsp3) is 1.00. The molecule has 0 radical (unpaired) electrons. The third-order valence-electron chi connectivity index (χ3n) is 1.17. The Bertz CT molecular complexity index is 242. The Morgan fingerprint density at radius 1 is 1.38 bits per heavy atom. The second-order valence-electron chi connectivity index (χ2n) is 3.84. The van der Waals surface area contributed by atoms with Crippen LogP contribution in [0, 0.1) is 0 Å². The molecule has 2 N–H and O–H groups in total. The standard InChI is InChI=1S/C6H15NO5S/c1-7(2,3)4-6(8)5-12-13(9,10)11/h6,8H,4-5H2,1-3H3/p+1/t6-/m0/s1. The van der Waals surface area contributed by atoms with Gasteiger partial charge in [0, 0.05) is 0 Å². The van der Waals surface area contributed by atoms with E-state index in [9.17, 15) is 13.5 Å². The smallest absolute Gasteiger partial charge is 0.385 e. The second kappa shape index (κ2) is 4.34. The summed E-state index contributed by atoms with van der Waals surface area (Å²) in [6.45, 7) is -0.0795. The number of likely N-dealkylation sites (N-methyl/N-ethyl adjacent to an activating group) is 1. The molecule has 0 aliphatic carbocycles. The maximum atomic E-state index is 10.1. The van der Waals surface area contributed by atoms with Crippen LogP contribution in [0.2, 0.25) is 0 Å². The SMILES string of the molecule is C[N+](C)(C)C[C@H](O)COS(=O)(=O)O. The first-order chi connectivity index (χ1) is 5.60. The van der Waals surface area contributed by atoms with Crippen LogP contribution in [0.15, 0.2) is 0 Å². The summed E-state index contributed by atoms with van der Waals surface area (Å²) in [5, 5.41) is 9.23. The van der Waals surface area contributed by atoms with Gasteiger partial charge in [0.25, 0.3) is 0 Å². The number of hydrogen-bond acceptors (Lipinski definition) is 4. The Morgan fingerprint density at radius 2 is 1.85 bits per heavy atom. The molecule has 0 aliphatic rings. The van der Waals surface area contributed by atoms with Crippen LogP contribution < -0.4 is 0 Å². The van der Waals surface area contributed by atoms with Crippen LogP contribution >= 0.6 is 0 Å². The lowest BCUT2D eigenvalue weighted by atomic mass is 10.3. The minimum atomic E-state index is -4.44. The molecule has 1 atom stereocenters. The summed E-state index contributed by atoms with van der Waals surface area (Å²) in [6, 6.07) is 0. The van der Waals surface area contributed by atoms with Gasteiger partial charge in [0.15, 0.2) is 0 Å². The molecule has 80 valence electrons. The highest BCUT2D eigenvalue weighted by Crippen LogP contribution is 1.97. The average molecular weight is 214 g/mol. The Balaban J connectivity index is 3.84. The predicted molar refractivity (Wildman–Crippen MR) is 46.4 cm³/mol. The predicted octanol–water partition coefficient (Wildman–Crippen LogP) is -1.13. The van der Waals surface area contributed by atoms with E-state index >= 15 is 0 Å². The van der Waals surface area contributed by atoms with Crippen molar-refractivity contribution in [3.05, 3.63) is 0 Å². The molecular formula is C6H16NO5S+. The first kappa shape index (κ1) is 12.8. The van der Waals surface area contributed by atoms with E-state index in [-0.39, 0.29) is 0 Å². The van der Waals surface area contributed by atoms with E-state index in [4.69, 9.17) is 4.55 Å². The van der Waals surface area contributed by atoms with E-state index in [0.717, 1.165) is 0 Å². The van der Waals surface area contributed by atoms with Crippen LogP contribution in [0.4, 0.5) is 0 Å². The molecule has 0 amide bonds. The molecule has 0 aromatic carbocycles. The van der Waals surface area contributed by atoms with Gasteiger partial charge in [-0.05, 0) is 0 Å². The summed E-state index contributed by atoms with van der Waals surface area (Å²) >= 11 is 0. The van der Waals surface area contributed by atoms with Gasteiger partial charge in [-0.3, -0.25) is 4.55 Å². The molecule has 0 spiro atoms. The number of aliphatic hydroxyl groups is 1. The quantitative estimate of drug-likeness (QED) is 0.447. The van der Waals surface area contributed by atoms with E-state index in [1.54, 1.807) is 0 Å². The number of quaternary nitrogens is 1. The number of nitrogens with zero attached hydrogens (tertiary/aromatic N) is 1. The van der Waals surface area contributed by atoms with Gasteiger partial charge in [-0.15, -0.1) is 0 Å². The van der Waals surface area contributed by atoms with Crippen LogP contribution in [0.25, 0.3) is 0 Å². The lowest BCUT2D eigenvalue weighted by Crippen LogP contribution is -2.43. The fourth-order valence-corrected chi connectivity index (χ4v) is 1.18. The third kappa shape index (κ3) is 9.71. The van der Waals surface area contributed by atoms with E-state index in [1.165, 1.54) is 0 Å². The van der Waals surface area contributed by atoms with Crippen molar-refractivity contribution in [2.24, 2.45) is 0 Å². The van der Waals surface area contributed by atoms with Crippen molar-refractivity contribution >= 4 is 10.4 Å². The summed E-state index contributed by atoms with van der Waals surface area (Å²) in [4.78, 5) is 0. The molecule has 0 aromatic rings. The van der Waals surface area contributed by atoms with Crippen molar-refractivity contribution in [1.29, 1.82) is 0 Å². The van der Waals surface area contributed by atoms with Gasteiger partial charge in [0.05, 0.1) is 21.1 Å². The molecule has 0 aromatic heterocycles. The average Bonchev–Trinajstić information content (AvgIpc) is 1.78. The van der Waals surface area contributed by atoms with E-state index in [1.807, 2.05) is 21.1 Å². The van der Waals surface area contributed by atoms with Crippen molar-refractivity contribution in [3.63, 3.8) is 0 Å². The normalized spacial score (nSPS) is 15.8. The minimum Gasteiger partial charge on any atom is -0.385 e. The molecule has 0 saturated heterocycles. The Labute approximate surface area is 78.3 Å². The maximum absolute atomic E-state index is 10.1. The molecule has 0 heterocycles. The topological polar surface area (TPSA) is 83.8 Å². The molecule has 0 rings (SSSR count). The molecule has 0 unspecified atom stereocenters. The van der Waals surface area contributed by atoms with Crippen LogP contribution in [-0.2, 0) is 14.6 Å². The van der Waals surface area contributed by atoms with Crippen LogP contribution in [0.5, 0.6) is 0 Å². The van der Waals surface area contributed by atoms with Crippen molar-refractivity contribution in [1.82, 2.24) is 0 Å². The molecule has 7 heteroatoms. The Kier molecular flexibility index (Phi) is 4.27. The molecule has 13 heavy (non-hydrogen) atoms. The highest BCUT2D eigenvalue weighted by molar-refractivity contribution is 7.80. The maximum Gasteiger partial charge on any atom is 0.397 e. The highest BCUT2D eigenvalue weighted by Gasteiger charge is 2.17. The lowest BCUT2D eigenvalue weighted by Gasteiger charge is -2.26. The van der Waals surface area contributed by atoms with E-state index in [0.29, 0.717) is 11.0 Å². The van der Waals surface area contributed by atoms with Crippen molar-refractivity contribution < 1.29 is 26.7 Å². The number of hydrogen-bond donors (Lipinski definition) is 2. The van der Waals surface area contributed by atoms with Gasteiger partial charge in [0.1, 0.15) is 19.3 Å². The van der Waals surface area contributed by atoms with Gasteiger partial charge < -0.3 is 9.59 Å². The van der Waals surface area contributed by atoms with Gasteiger partial charge >= 0.3 is 10.4 Å². The molecular weight excluding hydrogens is 198 g/mol. The third-order valence-corrected chi connectivity index (χ3v) is 1.60. The van der Waals surface area contributed by atoms with E-state index < -0.39 is 23.1 Å². The van der Waals surface area contributed by atoms with Crippen molar-refractivity contribution in [2.75, 3.05) is 34.3 Å². The zero-order chi connectivity index (χ0) is 10.7. The molecule has 6 nitrogen and oxygen atoms in total. The summed E-state index contributed by atoms with van der Waals surface area (Å²) in [6.07, 6.45) is -0.915. The summed E-state index contributed by atoms with van der Waals surface area (Å²) in [7, 11) is 1.09. The van der Waals surface area contributed by atoms with Gasteiger partial charge in [0.2, 0.25) is 0 Å². The van der Waals surface area contributed by atoms with Gasteiger partial charge in [-0.1, -0.05) is 0 Å². The summed E-state index contributed by atoms with van der Waals surface area (Å²) < 4.78 is 32.9. The van der Waals surface area contributed by atoms with Crippen LogP contribution in [-0.4, -0.2) is 63.0 Å². The first-order valence-corrected chi connectivity index (χ1v) is 5.07. The largest absolute Gasteiger partial charge is 0.397 e. The zero-order valence-corrected chi connectivity index (χ0v) is 8.78. The van der Waals surface area contributed by atoms with Crippen molar-refractivity contribution in [3.8, 4) is 0 Å². The molecule has 0 saturated carbocycles. The highest BCUT2D eigenvalue weighted by atomic mass is 32.3. The van der Waals surface area contributed by atoms with Gasteiger partial charge in [-0.25, -0.2) is 4.18 Å². The first-order valence-electron chi connectivity index (χ1n) is 3.70. The fourth-order valence-electron chi connectivity index (χ4n) is 0.849. The Hall–Kier alpha value is -0.210. The number of aliphatic hydroxyl groups excluding tert-OH is 1. The lowest BCUT2D eigenvalue weighted by molar-refractivity contribution is -0.873. The van der Waals surface area contributed by atoms with E-state index in [2.05, 4.69) is 4.18 Å². The van der Waals surface area contributed by atoms with Crippen LogP contribution in [0.3, 0.4) is 0 Å². The van der Waals surface area contributed by atoms with Crippen LogP contribution in [0.1, 0.15) is 0 Å². The zero-order valence-electron chi connectivity index (χ0n) is 7.97. The second-order valence-corrected chi connectivity index (χ2v) is 4.93. The number of rotatable bonds is 5.